The number of hydrogen-bond acceptors (Lipinski definition) is 2. The maximum atomic E-state index is 4.14. The molecule has 0 saturated heterocycles. The highest BCUT2D eigenvalue weighted by Crippen LogP contribution is 1.95. The molecule has 0 radical (unpaired) electrons. The molecule has 1 N–H and O–H groups in total. The summed E-state index contributed by atoms with van der Waals surface area (Å²) in [6.07, 6.45) is 5.02. The monoisotopic (exact) mass is 225 g/mol. The summed E-state index contributed by atoms with van der Waals surface area (Å²) in [7, 11) is 1.97. The van der Waals surface area contributed by atoms with Gasteiger partial charge in [-0.15, -0.1) is 24.8 Å². The third-order valence-electron chi connectivity index (χ3n) is 1.75. The van der Waals surface area contributed by atoms with Gasteiger partial charge in [0.15, 0.2) is 0 Å². The fourth-order valence-corrected chi connectivity index (χ4v) is 1.07. The van der Waals surface area contributed by atoms with Gasteiger partial charge >= 0.3 is 0 Å². The van der Waals surface area contributed by atoms with Gasteiger partial charge in [-0.3, -0.25) is 0 Å². The SMILES string of the molecule is CNCCCn1ccnc1C.Cl.Cl. The minimum absolute atomic E-state index is 0. The Labute approximate surface area is 91.8 Å². The average Bonchev–Trinajstić information content (AvgIpc) is 2.37. The van der Waals surface area contributed by atoms with Crippen molar-refractivity contribution >= 4 is 24.8 Å². The van der Waals surface area contributed by atoms with Crippen molar-refractivity contribution in [2.45, 2.75) is 19.9 Å². The normalized spacial score (nSPS) is 8.77. The predicted octanol–water partition coefficient (Wildman–Crippen LogP) is 1.64. The Morgan fingerprint density at radius 3 is 2.62 bits per heavy atom. The molecule has 3 nitrogen and oxygen atoms in total. The van der Waals surface area contributed by atoms with E-state index in [9.17, 15) is 0 Å². The van der Waals surface area contributed by atoms with Crippen molar-refractivity contribution in [3.63, 3.8) is 0 Å². The van der Waals surface area contributed by atoms with Crippen LogP contribution in [0.25, 0.3) is 0 Å². The van der Waals surface area contributed by atoms with Crippen molar-refractivity contribution in [1.82, 2.24) is 14.9 Å². The molecular weight excluding hydrogens is 209 g/mol. The third kappa shape index (κ3) is 5.13. The highest BCUT2D eigenvalue weighted by molar-refractivity contribution is 5.85. The lowest BCUT2D eigenvalue weighted by molar-refractivity contribution is 0.601. The molecule has 0 spiro atoms. The molecular formula is C8H17Cl2N3. The topological polar surface area (TPSA) is 29.9 Å². The summed E-state index contributed by atoms with van der Waals surface area (Å²) >= 11 is 0. The van der Waals surface area contributed by atoms with E-state index >= 15 is 0 Å². The van der Waals surface area contributed by atoms with Crippen molar-refractivity contribution in [1.29, 1.82) is 0 Å². The highest BCUT2D eigenvalue weighted by Gasteiger charge is 1.93. The van der Waals surface area contributed by atoms with Crippen LogP contribution in [0.4, 0.5) is 0 Å². The summed E-state index contributed by atoms with van der Waals surface area (Å²) in [6.45, 7) is 4.16. The van der Waals surface area contributed by atoms with Crippen LogP contribution in [0.2, 0.25) is 0 Å². The summed E-state index contributed by atoms with van der Waals surface area (Å²) in [5.41, 5.74) is 0. The molecule has 1 heterocycles. The molecule has 0 aliphatic rings. The quantitative estimate of drug-likeness (QED) is 0.791. The first-order valence-corrected chi connectivity index (χ1v) is 3.97. The lowest BCUT2D eigenvalue weighted by Crippen LogP contribution is -2.11. The van der Waals surface area contributed by atoms with E-state index in [-0.39, 0.29) is 24.8 Å². The molecule has 1 aromatic rings. The zero-order valence-corrected chi connectivity index (χ0v) is 9.62. The van der Waals surface area contributed by atoms with Crippen LogP contribution < -0.4 is 5.32 Å². The second-order valence-electron chi connectivity index (χ2n) is 2.62. The zero-order chi connectivity index (χ0) is 8.10. The van der Waals surface area contributed by atoms with E-state index in [0.717, 1.165) is 25.3 Å². The Morgan fingerprint density at radius 1 is 1.46 bits per heavy atom. The lowest BCUT2D eigenvalue weighted by Gasteiger charge is -2.03. The molecule has 0 saturated carbocycles. The van der Waals surface area contributed by atoms with Gasteiger partial charge in [0.1, 0.15) is 5.82 Å². The number of aryl methyl sites for hydroxylation is 2. The minimum atomic E-state index is 0. The molecule has 1 rings (SSSR count). The molecule has 78 valence electrons. The van der Waals surface area contributed by atoms with Gasteiger partial charge in [-0.25, -0.2) is 4.98 Å². The van der Waals surface area contributed by atoms with Crippen LogP contribution in [0, 0.1) is 6.92 Å². The number of imidazole rings is 1. The van der Waals surface area contributed by atoms with E-state index in [1.54, 1.807) is 0 Å². The maximum absolute atomic E-state index is 4.14. The van der Waals surface area contributed by atoms with E-state index in [0.29, 0.717) is 0 Å². The van der Waals surface area contributed by atoms with E-state index in [2.05, 4.69) is 14.9 Å². The second-order valence-corrected chi connectivity index (χ2v) is 2.62. The van der Waals surface area contributed by atoms with Crippen molar-refractivity contribution in [2.75, 3.05) is 13.6 Å². The van der Waals surface area contributed by atoms with Gasteiger partial charge in [0, 0.05) is 18.9 Å². The Balaban J connectivity index is 0. The van der Waals surface area contributed by atoms with Gasteiger partial charge in [-0.2, -0.15) is 0 Å². The van der Waals surface area contributed by atoms with Crippen LogP contribution in [-0.4, -0.2) is 23.1 Å². The average molecular weight is 226 g/mol. The standard InChI is InChI=1S/C8H15N3.2ClH/c1-8-10-5-7-11(8)6-3-4-9-2;;/h5,7,9H,3-4,6H2,1-2H3;2*1H. The van der Waals surface area contributed by atoms with Gasteiger partial charge in [0.25, 0.3) is 0 Å². The first-order valence-electron chi connectivity index (χ1n) is 3.97. The Hall–Kier alpha value is -0.250. The van der Waals surface area contributed by atoms with Gasteiger partial charge < -0.3 is 9.88 Å². The summed E-state index contributed by atoms with van der Waals surface area (Å²) in [5.74, 6) is 1.10. The number of halogens is 2. The minimum Gasteiger partial charge on any atom is -0.335 e. The fourth-order valence-electron chi connectivity index (χ4n) is 1.07. The van der Waals surface area contributed by atoms with E-state index < -0.39 is 0 Å². The molecule has 0 unspecified atom stereocenters. The summed E-state index contributed by atoms with van der Waals surface area (Å²) in [4.78, 5) is 4.14. The smallest absolute Gasteiger partial charge is 0.105 e. The largest absolute Gasteiger partial charge is 0.335 e. The molecule has 13 heavy (non-hydrogen) atoms. The molecule has 0 atom stereocenters. The van der Waals surface area contributed by atoms with Crippen molar-refractivity contribution in [3.05, 3.63) is 18.2 Å². The van der Waals surface area contributed by atoms with Crippen LogP contribution in [0.5, 0.6) is 0 Å². The van der Waals surface area contributed by atoms with Crippen molar-refractivity contribution < 1.29 is 0 Å². The van der Waals surface area contributed by atoms with E-state index in [1.807, 2.05) is 26.4 Å². The molecule has 1 aromatic heterocycles. The van der Waals surface area contributed by atoms with Crippen LogP contribution in [0.15, 0.2) is 12.4 Å². The second kappa shape index (κ2) is 8.35. The first-order chi connectivity index (χ1) is 5.34. The van der Waals surface area contributed by atoms with Crippen LogP contribution in [0.1, 0.15) is 12.2 Å². The molecule has 0 amide bonds. The zero-order valence-electron chi connectivity index (χ0n) is 7.99. The van der Waals surface area contributed by atoms with Crippen molar-refractivity contribution in [2.24, 2.45) is 0 Å². The lowest BCUT2D eigenvalue weighted by atomic mass is 10.4. The summed E-state index contributed by atoms with van der Waals surface area (Å²) in [5, 5.41) is 3.12. The van der Waals surface area contributed by atoms with Crippen LogP contribution in [-0.2, 0) is 6.54 Å². The number of hydrogen-bond donors (Lipinski definition) is 1. The molecule has 0 aromatic carbocycles. The predicted molar refractivity (Wildman–Crippen MR) is 60.0 cm³/mol. The van der Waals surface area contributed by atoms with Crippen molar-refractivity contribution in [3.8, 4) is 0 Å². The number of nitrogens with zero attached hydrogens (tertiary/aromatic N) is 2. The summed E-state index contributed by atoms with van der Waals surface area (Å²) in [6, 6.07) is 0. The fraction of sp³-hybridized carbons (Fsp3) is 0.625. The van der Waals surface area contributed by atoms with Gasteiger partial charge in [0.2, 0.25) is 0 Å². The number of aromatic nitrogens is 2. The first kappa shape index (κ1) is 15.2. The number of nitrogens with one attached hydrogen (secondary N) is 1. The Bertz CT molecular complexity index is 213. The Morgan fingerprint density at radius 2 is 2.15 bits per heavy atom. The van der Waals surface area contributed by atoms with E-state index in [1.165, 1.54) is 0 Å². The highest BCUT2D eigenvalue weighted by atomic mass is 35.5. The van der Waals surface area contributed by atoms with Crippen LogP contribution in [0.3, 0.4) is 0 Å². The van der Waals surface area contributed by atoms with Crippen LogP contribution >= 0.6 is 24.8 Å². The third-order valence-corrected chi connectivity index (χ3v) is 1.75. The molecule has 0 bridgehead atoms. The molecule has 5 heteroatoms. The summed E-state index contributed by atoms with van der Waals surface area (Å²) < 4.78 is 2.16. The maximum Gasteiger partial charge on any atom is 0.105 e. The van der Waals surface area contributed by atoms with Gasteiger partial charge in [0.05, 0.1) is 0 Å². The van der Waals surface area contributed by atoms with E-state index in [4.69, 9.17) is 0 Å². The Kier molecular flexibility index (Phi) is 9.79. The molecule has 0 aliphatic heterocycles. The molecule has 0 aliphatic carbocycles. The molecule has 0 fully saturated rings. The number of rotatable bonds is 4. The van der Waals surface area contributed by atoms with Gasteiger partial charge in [-0.1, -0.05) is 0 Å². The van der Waals surface area contributed by atoms with Gasteiger partial charge in [-0.05, 0) is 26.9 Å².